The summed E-state index contributed by atoms with van der Waals surface area (Å²) in [6, 6.07) is 5.33. The lowest BCUT2D eigenvalue weighted by atomic mass is 10.1. The number of para-hydroxylation sites is 1. The van der Waals surface area contributed by atoms with Gasteiger partial charge in [0.05, 0.1) is 19.3 Å². The van der Waals surface area contributed by atoms with Gasteiger partial charge in [-0.05, 0) is 6.07 Å². The predicted molar refractivity (Wildman–Crippen MR) is 51.2 cm³/mol. The maximum absolute atomic E-state index is 9.48. The van der Waals surface area contributed by atoms with Crippen LogP contribution >= 0.6 is 0 Å². The predicted octanol–water partition coefficient (Wildman–Crippen LogP) is 0.586. The molecule has 1 fully saturated rings. The fourth-order valence-corrected chi connectivity index (χ4v) is 1.33. The molecule has 1 heterocycles. The van der Waals surface area contributed by atoms with E-state index in [1.54, 1.807) is 12.1 Å². The van der Waals surface area contributed by atoms with E-state index in [-0.39, 0.29) is 11.5 Å². The second kappa shape index (κ2) is 3.86. The second-order valence-electron chi connectivity index (χ2n) is 3.40. The van der Waals surface area contributed by atoms with E-state index in [0.29, 0.717) is 18.2 Å². The lowest BCUT2D eigenvalue weighted by Crippen LogP contribution is -2.45. The molecule has 0 aromatic heterocycles. The van der Waals surface area contributed by atoms with Crippen LogP contribution in [0.5, 0.6) is 11.5 Å². The Bertz CT molecular complexity index is 323. The van der Waals surface area contributed by atoms with Crippen LogP contribution in [0.3, 0.4) is 0 Å². The van der Waals surface area contributed by atoms with Crippen molar-refractivity contribution in [3.05, 3.63) is 23.8 Å². The number of aromatic hydroxyl groups is 2. The van der Waals surface area contributed by atoms with E-state index in [9.17, 15) is 10.2 Å². The number of phenols is 2. The van der Waals surface area contributed by atoms with Gasteiger partial charge in [0.25, 0.3) is 0 Å². The molecule has 0 atom stereocenters. The van der Waals surface area contributed by atoms with E-state index in [1.165, 1.54) is 6.07 Å². The molecule has 0 unspecified atom stereocenters. The molecule has 0 saturated carbocycles. The number of benzene rings is 1. The second-order valence-corrected chi connectivity index (χ2v) is 3.40. The summed E-state index contributed by atoms with van der Waals surface area (Å²) in [5.41, 5.74) is 0.705. The Kier molecular flexibility index (Phi) is 2.56. The first-order chi connectivity index (χ1) is 6.77. The molecule has 1 aromatic carbocycles. The number of rotatable bonds is 3. The Balaban J connectivity index is 1.97. The Morgan fingerprint density at radius 2 is 2.14 bits per heavy atom. The largest absolute Gasteiger partial charge is 0.504 e. The lowest BCUT2D eigenvalue weighted by Gasteiger charge is -2.27. The molecule has 0 aliphatic carbocycles. The van der Waals surface area contributed by atoms with Gasteiger partial charge in [-0.25, -0.2) is 0 Å². The fraction of sp³-hybridized carbons (Fsp3) is 0.400. The van der Waals surface area contributed by atoms with Crippen LogP contribution in [-0.4, -0.2) is 29.5 Å². The molecule has 2 rings (SSSR count). The van der Waals surface area contributed by atoms with Crippen LogP contribution in [0.2, 0.25) is 0 Å². The maximum Gasteiger partial charge on any atom is 0.161 e. The zero-order valence-corrected chi connectivity index (χ0v) is 7.73. The van der Waals surface area contributed by atoms with Gasteiger partial charge in [-0.3, -0.25) is 0 Å². The van der Waals surface area contributed by atoms with Gasteiger partial charge in [0, 0.05) is 12.1 Å². The summed E-state index contributed by atoms with van der Waals surface area (Å²) >= 11 is 0. The first-order valence-electron chi connectivity index (χ1n) is 4.58. The van der Waals surface area contributed by atoms with Gasteiger partial charge >= 0.3 is 0 Å². The van der Waals surface area contributed by atoms with Crippen molar-refractivity contribution in [2.75, 3.05) is 13.2 Å². The Morgan fingerprint density at radius 3 is 2.79 bits per heavy atom. The zero-order chi connectivity index (χ0) is 9.97. The molecule has 1 aliphatic rings. The maximum atomic E-state index is 9.48. The van der Waals surface area contributed by atoms with Gasteiger partial charge in [0.15, 0.2) is 11.5 Å². The summed E-state index contributed by atoms with van der Waals surface area (Å²) in [5.74, 6) is -0.116. The van der Waals surface area contributed by atoms with E-state index < -0.39 is 0 Å². The zero-order valence-electron chi connectivity index (χ0n) is 7.73. The molecule has 1 aromatic rings. The molecular weight excluding hydrogens is 182 g/mol. The molecule has 0 amide bonds. The van der Waals surface area contributed by atoms with E-state index in [2.05, 4.69) is 5.32 Å². The summed E-state index contributed by atoms with van der Waals surface area (Å²) in [6.45, 7) is 1.99. The van der Waals surface area contributed by atoms with Crippen LogP contribution in [0.1, 0.15) is 5.56 Å². The smallest absolute Gasteiger partial charge is 0.161 e. The van der Waals surface area contributed by atoms with Crippen LogP contribution in [0.15, 0.2) is 18.2 Å². The first kappa shape index (κ1) is 9.30. The Labute approximate surface area is 82.1 Å². The average Bonchev–Trinajstić information content (AvgIpc) is 2.09. The molecular formula is C10H13NO3. The molecule has 1 saturated heterocycles. The van der Waals surface area contributed by atoms with E-state index in [1.807, 2.05) is 0 Å². The highest BCUT2D eigenvalue weighted by Gasteiger charge is 2.17. The van der Waals surface area contributed by atoms with Crippen molar-refractivity contribution in [1.29, 1.82) is 0 Å². The third-order valence-corrected chi connectivity index (χ3v) is 2.32. The van der Waals surface area contributed by atoms with Gasteiger partial charge < -0.3 is 20.3 Å². The Morgan fingerprint density at radius 1 is 1.36 bits per heavy atom. The SMILES string of the molecule is Oc1cccc(CNC2COC2)c1O. The number of nitrogens with one attached hydrogen (secondary N) is 1. The van der Waals surface area contributed by atoms with E-state index in [0.717, 1.165) is 13.2 Å². The minimum atomic E-state index is -0.0749. The molecule has 0 spiro atoms. The van der Waals surface area contributed by atoms with Crippen molar-refractivity contribution in [1.82, 2.24) is 5.32 Å². The van der Waals surface area contributed by atoms with Gasteiger partial charge in [-0.2, -0.15) is 0 Å². The van der Waals surface area contributed by atoms with Gasteiger partial charge in [-0.15, -0.1) is 0 Å². The summed E-state index contributed by atoms with van der Waals surface area (Å²) in [5, 5.41) is 21.9. The number of hydrogen-bond acceptors (Lipinski definition) is 4. The fourth-order valence-electron chi connectivity index (χ4n) is 1.33. The van der Waals surface area contributed by atoms with Crippen molar-refractivity contribution in [3.63, 3.8) is 0 Å². The van der Waals surface area contributed by atoms with Crippen LogP contribution in [-0.2, 0) is 11.3 Å². The number of ether oxygens (including phenoxy) is 1. The van der Waals surface area contributed by atoms with Crippen molar-refractivity contribution in [2.45, 2.75) is 12.6 Å². The van der Waals surface area contributed by atoms with Gasteiger partial charge in [0.2, 0.25) is 0 Å². The highest BCUT2D eigenvalue weighted by molar-refractivity contribution is 5.44. The minimum Gasteiger partial charge on any atom is -0.504 e. The van der Waals surface area contributed by atoms with E-state index >= 15 is 0 Å². The minimum absolute atomic E-state index is 0.0414. The van der Waals surface area contributed by atoms with Gasteiger partial charge in [0.1, 0.15) is 0 Å². The third-order valence-electron chi connectivity index (χ3n) is 2.32. The molecule has 4 heteroatoms. The number of phenolic OH excluding ortho intramolecular Hbond substituents is 2. The first-order valence-corrected chi connectivity index (χ1v) is 4.58. The third kappa shape index (κ3) is 1.81. The average molecular weight is 195 g/mol. The summed E-state index contributed by atoms with van der Waals surface area (Å²) in [7, 11) is 0. The van der Waals surface area contributed by atoms with Crippen molar-refractivity contribution in [3.8, 4) is 11.5 Å². The normalized spacial score (nSPS) is 16.6. The van der Waals surface area contributed by atoms with Crippen LogP contribution in [0, 0.1) is 0 Å². The highest BCUT2D eigenvalue weighted by atomic mass is 16.5. The van der Waals surface area contributed by atoms with Crippen LogP contribution in [0.25, 0.3) is 0 Å². The molecule has 0 radical (unpaired) electrons. The lowest BCUT2D eigenvalue weighted by molar-refractivity contribution is -0.00585. The van der Waals surface area contributed by atoms with Gasteiger partial charge in [-0.1, -0.05) is 12.1 Å². The van der Waals surface area contributed by atoms with Crippen LogP contribution < -0.4 is 5.32 Å². The van der Waals surface area contributed by atoms with Crippen molar-refractivity contribution in [2.24, 2.45) is 0 Å². The molecule has 3 N–H and O–H groups in total. The van der Waals surface area contributed by atoms with Crippen LogP contribution in [0.4, 0.5) is 0 Å². The molecule has 0 bridgehead atoms. The quantitative estimate of drug-likeness (QED) is 0.618. The molecule has 14 heavy (non-hydrogen) atoms. The highest BCUT2D eigenvalue weighted by Crippen LogP contribution is 2.28. The summed E-state index contributed by atoms with van der Waals surface area (Å²) < 4.78 is 5.00. The van der Waals surface area contributed by atoms with Crippen molar-refractivity contribution >= 4 is 0 Å². The van der Waals surface area contributed by atoms with E-state index in [4.69, 9.17) is 4.74 Å². The summed E-state index contributed by atoms with van der Waals surface area (Å²) in [4.78, 5) is 0. The number of hydrogen-bond donors (Lipinski definition) is 3. The standard InChI is InChI=1S/C10H13NO3/c12-9-3-1-2-7(10(9)13)4-11-8-5-14-6-8/h1-3,8,11-13H,4-6H2. The molecule has 1 aliphatic heterocycles. The summed E-state index contributed by atoms with van der Waals surface area (Å²) in [6.07, 6.45) is 0. The Hall–Kier alpha value is -1.26. The molecule has 76 valence electrons. The van der Waals surface area contributed by atoms with Crippen molar-refractivity contribution < 1.29 is 14.9 Å². The monoisotopic (exact) mass is 195 g/mol. The molecule has 4 nitrogen and oxygen atoms in total. The topological polar surface area (TPSA) is 61.7 Å².